The Hall–Kier alpha value is -1.43. The van der Waals surface area contributed by atoms with Crippen molar-refractivity contribution < 1.29 is 4.39 Å². The van der Waals surface area contributed by atoms with Crippen LogP contribution < -0.4 is 0 Å². The summed E-state index contributed by atoms with van der Waals surface area (Å²) in [6.07, 6.45) is 2.18. The Morgan fingerprint density at radius 1 is 1.55 bits per heavy atom. The third kappa shape index (κ3) is 2.34. The first kappa shape index (κ1) is 7.67. The van der Waals surface area contributed by atoms with Crippen LogP contribution in [0.2, 0.25) is 0 Å². The molecule has 0 aromatic carbocycles. The first-order valence-electron chi connectivity index (χ1n) is 3.30. The minimum absolute atomic E-state index is 0.342. The van der Waals surface area contributed by atoms with Crippen molar-refractivity contribution in [2.24, 2.45) is 0 Å². The standard InChI is InChI=1S/C8H7FN2/c9-7-3-4-8(11-6-7)2-1-5-10/h3-4,6H,1-2H2. The Kier molecular flexibility index (Phi) is 2.56. The van der Waals surface area contributed by atoms with Gasteiger partial charge in [0.15, 0.2) is 0 Å². The zero-order valence-electron chi connectivity index (χ0n) is 5.92. The molecule has 0 saturated heterocycles. The summed E-state index contributed by atoms with van der Waals surface area (Å²) in [4.78, 5) is 3.79. The molecule has 0 N–H and O–H groups in total. The average Bonchev–Trinajstić information content (AvgIpc) is 2.04. The van der Waals surface area contributed by atoms with Gasteiger partial charge < -0.3 is 0 Å². The Morgan fingerprint density at radius 3 is 2.91 bits per heavy atom. The van der Waals surface area contributed by atoms with Gasteiger partial charge in [0, 0.05) is 18.5 Å². The fourth-order valence-electron chi connectivity index (χ4n) is 0.738. The molecule has 1 aromatic heterocycles. The number of aromatic nitrogens is 1. The Labute approximate surface area is 64.3 Å². The summed E-state index contributed by atoms with van der Waals surface area (Å²) in [7, 11) is 0. The van der Waals surface area contributed by atoms with Crippen LogP contribution in [0.3, 0.4) is 0 Å². The zero-order valence-corrected chi connectivity index (χ0v) is 5.92. The maximum absolute atomic E-state index is 12.3. The van der Waals surface area contributed by atoms with E-state index in [4.69, 9.17) is 5.26 Å². The largest absolute Gasteiger partial charge is 0.258 e. The van der Waals surface area contributed by atoms with Gasteiger partial charge in [0.25, 0.3) is 0 Å². The molecule has 1 heterocycles. The molecule has 0 fully saturated rings. The number of nitrogens with zero attached hydrogens (tertiary/aromatic N) is 2. The molecule has 0 saturated carbocycles. The van der Waals surface area contributed by atoms with E-state index in [0.29, 0.717) is 12.8 Å². The van der Waals surface area contributed by atoms with Crippen molar-refractivity contribution in [3.63, 3.8) is 0 Å². The van der Waals surface area contributed by atoms with Crippen LogP contribution >= 0.6 is 0 Å². The predicted molar refractivity (Wildman–Crippen MR) is 38.1 cm³/mol. The number of halogens is 1. The quantitative estimate of drug-likeness (QED) is 0.643. The molecule has 0 aliphatic rings. The highest BCUT2D eigenvalue weighted by atomic mass is 19.1. The first-order chi connectivity index (χ1) is 5.33. The summed E-state index contributed by atoms with van der Waals surface area (Å²) in [5.41, 5.74) is 0.757. The van der Waals surface area contributed by atoms with Crippen LogP contribution in [0.4, 0.5) is 4.39 Å². The minimum Gasteiger partial charge on any atom is -0.258 e. The fourth-order valence-corrected chi connectivity index (χ4v) is 0.738. The molecule has 3 heteroatoms. The van der Waals surface area contributed by atoms with E-state index in [9.17, 15) is 4.39 Å². The van der Waals surface area contributed by atoms with Crippen LogP contribution in [0.1, 0.15) is 12.1 Å². The second-order valence-corrected chi connectivity index (χ2v) is 2.13. The molecule has 0 aliphatic carbocycles. The van der Waals surface area contributed by atoms with E-state index in [1.165, 1.54) is 6.07 Å². The molecule has 2 nitrogen and oxygen atoms in total. The first-order valence-corrected chi connectivity index (χ1v) is 3.30. The molecule has 0 bridgehead atoms. The van der Waals surface area contributed by atoms with Crippen LogP contribution in [0.25, 0.3) is 0 Å². The highest BCUT2D eigenvalue weighted by Gasteiger charge is 1.93. The van der Waals surface area contributed by atoms with E-state index < -0.39 is 0 Å². The van der Waals surface area contributed by atoms with E-state index in [-0.39, 0.29) is 5.82 Å². The second-order valence-electron chi connectivity index (χ2n) is 2.13. The molecule has 56 valence electrons. The van der Waals surface area contributed by atoms with Gasteiger partial charge in [-0.15, -0.1) is 0 Å². The van der Waals surface area contributed by atoms with Crippen molar-refractivity contribution in [2.45, 2.75) is 12.8 Å². The summed E-state index contributed by atoms with van der Waals surface area (Å²) < 4.78 is 12.3. The van der Waals surface area contributed by atoms with Crippen LogP contribution in [0, 0.1) is 17.1 Å². The third-order valence-corrected chi connectivity index (χ3v) is 1.28. The lowest BCUT2D eigenvalue weighted by molar-refractivity contribution is 0.619. The lowest BCUT2D eigenvalue weighted by Crippen LogP contribution is -1.88. The van der Waals surface area contributed by atoms with Gasteiger partial charge in [0.05, 0.1) is 12.3 Å². The highest BCUT2D eigenvalue weighted by Crippen LogP contribution is 2.00. The highest BCUT2D eigenvalue weighted by molar-refractivity contribution is 5.06. The van der Waals surface area contributed by atoms with Crippen molar-refractivity contribution in [3.05, 3.63) is 29.8 Å². The van der Waals surface area contributed by atoms with Gasteiger partial charge in [0.1, 0.15) is 5.82 Å². The van der Waals surface area contributed by atoms with Gasteiger partial charge in [-0.25, -0.2) is 4.39 Å². The van der Waals surface area contributed by atoms with Crippen LogP contribution in [-0.2, 0) is 6.42 Å². The predicted octanol–water partition coefficient (Wildman–Crippen LogP) is 1.68. The number of rotatable bonds is 2. The molecule has 0 aliphatic heterocycles. The van der Waals surface area contributed by atoms with Crippen LogP contribution in [0.5, 0.6) is 0 Å². The van der Waals surface area contributed by atoms with E-state index in [1.54, 1.807) is 6.07 Å². The van der Waals surface area contributed by atoms with E-state index in [0.717, 1.165) is 11.9 Å². The molecule has 1 rings (SSSR count). The SMILES string of the molecule is N#CCCc1ccc(F)cn1. The third-order valence-electron chi connectivity index (χ3n) is 1.28. The van der Waals surface area contributed by atoms with Crippen molar-refractivity contribution in [3.8, 4) is 6.07 Å². The smallest absolute Gasteiger partial charge is 0.141 e. The molecule has 0 spiro atoms. The number of aryl methyl sites for hydroxylation is 1. The van der Waals surface area contributed by atoms with Gasteiger partial charge in [-0.2, -0.15) is 5.26 Å². The zero-order chi connectivity index (χ0) is 8.10. The van der Waals surface area contributed by atoms with Crippen LogP contribution in [0.15, 0.2) is 18.3 Å². The summed E-state index contributed by atoms with van der Waals surface area (Å²) in [5, 5.41) is 8.23. The average molecular weight is 150 g/mol. The van der Waals surface area contributed by atoms with Gasteiger partial charge in [-0.05, 0) is 12.1 Å². The summed E-state index contributed by atoms with van der Waals surface area (Å²) in [6, 6.07) is 4.93. The lowest BCUT2D eigenvalue weighted by Gasteiger charge is -1.93. The Morgan fingerprint density at radius 2 is 2.36 bits per heavy atom. The fraction of sp³-hybridized carbons (Fsp3) is 0.250. The maximum atomic E-state index is 12.3. The molecule has 11 heavy (non-hydrogen) atoms. The Bertz CT molecular complexity index is 260. The lowest BCUT2D eigenvalue weighted by atomic mass is 10.2. The summed E-state index contributed by atoms with van der Waals surface area (Å²) >= 11 is 0. The van der Waals surface area contributed by atoms with Gasteiger partial charge >= 0.3 is 0 Å². The molecule has 0 atom stereocenters. The van der Waals surface area contributed by atoms with Crippen molar-refractivity contribution in [1.82, 2.24) is 4.98 Å². The number of hydrogen-bond donors (Lipinski definition) is 0. The molecule has 0 amide bonds. The number of nitriles is 1. The molecular formula is C8H7FN2. The second kappa shape index (κ2) is 3.67. The Balaban J connectivity index is 2.60. The molecule has 0 radical (unpaired) electrons. The van der Waals surface area contributed by atoms with Crippen LogP contribution in [-0.4, -0.2) is 4.98 Å². The van der Waals surface area contributed by atoms with Crippen molar-refractivity contribution >= 4 is 0 Å². The molecular weight excluding hydrogens is 143 g/mol. The number of hydrogen-bond acceptors (Lipinski definition) is 2. The summed E-state index contributed by atoms with van der Waals surface area (Å²) in [5.74, 6) is -0.342. The molecule has 1 aromatic rings. The topological polar surface area (TPSA) is 36.7 Å². The van der Waals surface area contributed by atoms with Crippen molar-refractivity contribution in [2.75, 3.05) is 0 Å². The maximum Gasteiger partial charge on any atom is 0.141 e. The minimum atomic E-state index is -0.342. The normalized spacial score (nSPS) is 9.09. The number of pyridine rings is 1. The van der Waals surface area contributed by atoms with E-state index in [1.807, 2.05) is 6.07 Å². The molecule has 0 unspecified atom stereocenters. The summed E-state index contributed by atoms with van der Waals surface area (Å²) in [6.45, 7) is 0. The van der Waals surface area contributed by atoms with E-state index >= 15 is 0 Å². The van der Waals surface area contributed by atoms with Gasteiger partial charge in [-0.1, -0.05) is 0 Å². The van der Waals surface area contributed by atoms with Crippen molar-refractivity contribution in [1.29, 1.82) is 5.26 Å². The van der Waals surface area contributed by atoms with Gasteiger partial charge in [-0.3, -0.25) is 4.98 Å². The van der Waals surface area contributed by atoms with Gasteiger partial charge in [0.2, 0.25) is 0 Å². The monoisotopic (exact) mass is 150 g/mol. The van der Waals surface area contributed by atoms with E-state index in [2.05, 4.69) is 4.98 Å².